The molecule has 1 atom stereocenters. The van der Waals surface area contributed by atoms with Gasteiger partial charge in [-0.05, 0) is 50.7 Å². The number of methoxy groups -OCH3 is 1. The van der Waals surface area contributed by atoms with Crippen molar-refractivity contribution in [3.05, 3.63) is 65.5 Å². The molecule has 0 aromatic heterocycles. The van der Waals surface area contributed by atoms with Gasteiger partial charge in [0.25, 0.3) is 5.91 Å². The summed E-state index contributed by atoms with van der Waals surface area (Å²) in [6, 6.07) is 14.0. The molecule has 5 nitrogen and oxygen atoms in total. The average molecular weight is 383 g/mol. The Bertz CT molecular complexity index is 864. The van der Waals surface area contributed by atoms with E-state index in [0.29, 0.717) is 17.7 Å². The van der Waals surface area contributed by atoms with Gasteiger partial charge in [-0.3, -0.25) is 9.69 Å². The van der Waals surface area contributed by atoms with E-state index >= 15 is 0 Å². The number of halogens is 1. The van der Waals surface area contributed by atoms with Crippen LogP contribution in [-0.4, -0.2) is 48.3 Å². The van der Waals surface area contributed by atoms with E-state index in [1.54, 1.807) is 18.2 Å². The maximum atomic E-state index is 13.7. The number of rotatable bonds is 6. The van der Waals surface area contributed by atoms with Gasteiger partial charge in [-0.15, -0.1) is 0 Å². The first-order valence-electron chi connectivity index (χ1n) is 9.38. The number of hydrogen-bond acceptors (Lipinski definition) is 4. The number of carbonyl (C=O) groups excluding carboxylic acids is 1. The Balaban J connectivity index is 1.91. The minimum Gasteiger partial charge on any atom is -0.497 e. The summed E-state index contributed by atoms with van der Waals surface area (Å²) in [5, 5.41) is 6.13. The van der Waals surface area contributed by atoms with Crippen molar-refractivity contribution in [2.75, 3.05) is 20.7 Å². The molecule has 0 spiro atoms. The Hall–Kier alpha value is -2.73. The number of ether oxygens (including phenoxy) is 1. The maximum Gasteiger partial charge on any atom is 0.257 e. The van der Waals surface area contributed by atoms with Gasteiger partial charge < -0.3 is 4.74 Å². The molecule has 0 unspecified atom stereocenters. The van der Waals surface area contributed by atoms with Gasteiger partial charge in [0, 0.05) is 18.0 Å². The molecule has 6 heteroatoms. The lowest BCUT2D eigenvalue weighted by molar-refractivity contribution is -0.134. The van der Waals surface area contributed by atoms with Crippen molar-refractivity contribution in [1.29, 1.82) is 0 Å². The van der Waals surface area contributed by atoms with Crippen LogP contribution in [0, 0.1) is 5.82 Å². The van der Waals surface area contributed by atoms with Gasteiger partial charge in [0.2, 0.25) is 0 Å². The van der Waals surface area contributed by atoms with E-state index in [1.165, 1.54) is 12.1 Å². The molecule has 0 saturated carbocycles. The van der Waals surface area contributed by atoms with Crippen molar-refractivity contribution in [3.63, 3.8) is 0 Å². The molecule has 3 rings (SSSR count). The fraction of sp³-hybridized carbons (Fsp3) is 0.364. The lowest BCUT2D eigenvalue weighted by Gasteiger charge is -2.26. The fourth-order valence-electron chi connectivity index (χ4n) is 3.14. The second-order valence-electron chi connectivity index (χ2n) is 7.30. The van der Waals surface area contributed by atoms with E-state index in [9.17, 15) is 9.18 Å². The van der Waals surface area contributed by atoms with Crippen molar-refractivity contribution in [3.8, 4) is 5.75 Å². The molecule has 2 aromatic carbocycles. The minimum atomic E-state index is -0.314. The predicted molar refractivity (Wildman–Crippen MR) is 108 cm³/mol. The summed E-state index contributed by atoms with van der Waals surface area (Å²) in [5.74, 6) is 0.361. The van der Waals surface area contributed by atoms with E-state index in [-0.39, 0.29) is 30.4 Å². The van der Waals surface area contributed by atoms with E-state index in [4.69, 9.17) is 4.74 Å². The molecular formula is C22H26FN3O2. The smallest absolute Gasteiger partial charge is 0.257 e. The summed E-state index contributed by atoms with van der Waals surface area (Å²) in [7, 11) is 3.53. The summed E-state index contributed by atoms with van der Waals surface area (Å²) in [5.41, 5.74) is 2.38. The van der Waals surface area contributed by atoms with Crippen molar-refractivity contribution >= 4 is 11.6 Å². The van der Waals surface area contributed by atoms with Gasteiger partial charge in [-0.1, -0.05) is 24.3 Å². The van der Waals surface area contributed by atoms with E-state index in [0.717, 1.165) is 11.3 Å². The Morgan fingerprint density at radius 2 is 2.00 bits per heavy atom. The van der Waals surface area contributed by atoms with Crippen LogP contribution in [0.1, 0.15) is 37.4 Å². The summed E-state index contributed by atoms with van der Waals surface area (Å²) < 4.78 is 18.9. The fourth-order valence-corrected chi connectivity index (χ4v) is 3.14. The van der Waals surface area contributed by atoms with Gasteiger partial charge >= 0.3 is 0 Å². The molecule has 148 valence electrons. The van der Waals surface area contributed by atoms with Crippen LogP contribution in [0.4, 0.5) is 4.39 Å². The zero-order valence-electron chi connectivity index (χ0n) is 16.7. The number of hydrazone groups is 1. The monoisotopic (exact) mass is 383 g/mol. The van der Waals surface area contributed by atoms with Crippen LogP contribution < -0.4 is 4.74 Å². The zero-order chi connectivity index (χ0) is 20.3. The average Bonchev–Trinajstić information content (AvgIpc) is 3.13. The highest BCUT2D eigenvalue weighted by Gasteiger charge is 2.33. The second kappa shape index (κ2) is 8.52. The Morgan fingerprint density at radius 1 is 1.29 bits per heavy atom. The number of nitrogens with zero attached hydrogens (tertiary/aromatic N) is 3. The van der Waals surface area contributed by atoms with Crippen LogP contribution >= 0.6 is 0 Å². The minimum absolute atomic E-state index is 0.0802. The highest BCUT2D eigenvalue weighted by atomic mass is 19.1. The van der Waals surface area contributed by atoms with Gasteiger partial charge in [0.1, 0.15) is 11.6 Å². The third-order valence-electron chi connectivity index (χ3n) is 5.09. The van der Waals surface area contributed by atoms with Gasteiger partial charge in [-0.25, -0.2) is 9.40 Å². The second-order valence-corrected chi connectivity index (χ2v) is 7.30. The first kappa shape index (κ1) is 20.0. The normalized spacial score (nSPS) is 16.6. The largest absolute Gasteiger partial charge is 0.497 e. The van der Waals surface area contributed by atoms with E-state index in [1.807, 2.05) is 56.1 Å². The number of amides is 1. The Morgan fingerprint density at radius 3 is 2.61 bits per heavy atom. The van der Waals surface area contributed by atoms with Crippen molar-refractivity contribution < 1.29 is 13.9 Å². The van der Waals surface area contributed by atoms with Gasteiger partial charge in [0.05, 0.1) is 25.4 Å². The Kier molecular flexibility index (Phi) is 6.09. The van der Waals surface area contributed by atoms with Crippen molar-refractivity contribution in [2.45, 2.75) is 32.4 Å². The lowest BCUT2D eigenvalue weighted by Crippen LogP contribution is -2.39. The molecule has 0 radical (unpaired) electrons. The maximum absolute atomic E-state index is 13.7. The number of carbonyl (C=O) groups is 1. The predicted octanol–water partition coefficient (Wildman–Crippen LogP) is 3.85. The zero-order valence-corrected chi connectivity index (χ0v) is 16.7. The summed E-state index contributed by atoms with van der Waals surface area (Å²) in [4.78, 5) is 15.0. The highest BCUT2D eigenvalue weighted by molar-refractivity contribution is 6.03. The molecular weight excluding hydrogens is 357 g/mol. The van der Waals surface area contributed by atoms with E-state index in [2.05, 4.69) is 5.10 Å². The molecule has 0 fully saturated rings. The van der Waals surface area contributed by atoms with E-state index < -0.39 is 0 Å². The third kappa shape index (κ3) is 4.39. The molecule has 1 heterocycles. The van der Waals surface area contributed by atoms with Gasteiger partial charge in [0.15, 0.2) is 0 Å². The van der Waals surface area contributed by atoms with Crippen LogP contribution in [0.5, 0.6) is 5.75 Å². The summed E-state index contributed by atoms with van der Waals surface area (Å²) >= 11 is 0. The topological polar surface area (TPSA) is 45.1 Å². The standard InChI is InChI=1S/C22H26FN3O2/c1-15(2)25(3)14-22(27)26-21(16-8-10-19(28-4)11-9-16)13-20(24-26)17-6-5-7-18(23)12-17/h5-12,15,21H,13-14H2,1-4H3/t21-/m0/s1. The third-order valence-corrected chi connectivity index (χ3v) is 5.09. The molecule has 0 bridgehead atoms. The van der Waals surface area contributed by atoms with Gasteiger partial charge in [-0.2, -0.15) is 5.10 Å². The van der Waals surface area contributed by atoms with Crippen LogP contribution in [0.15, 0.2) is 53.6 Å². The summed E-state index contributed by atoms with van der Waals surface area (Å²) in [6.07, 6.45) is 0.535. The molecule has 1 aliphatic rings. The van der Waals surface area contributed by atoms with Crippen LogP contribution in [0.2, 0.25) is 0 Å². The molecule has 1 aliphatic heterocycles. The Labute approximate surface area is 165 Å². The first-order chi connectivity index (χ1) is 13.4. The summed E-state index contributed by atoms with van der Waals surface area (Å²) in [6.45, 7) is 4.35. The van der Waals surface area contributed by atoms with Crippen molar-refractivity contribution in [2.24, 2.45) is 5.10 Å². The van der Waals surface area contributed by atoms with Crippen LogP contribution in [-0.2, 0) is 4.79 Å². The molecule has 0 aliphatic carbocycles. The first-order valence-corrected chi connectivity index (χ1v) is 9.38. The number of hydrogen-bond donors (Lipinski definition) is 0. The quantitative estimate of drug-likeness (QED) is 0.761. The molecule has 1 amide bonds. The van der Waals surface area contributed by atoms with Crippen LogP contribution in [0.25, 0.3) is 0 Å². The van der Waals surface area contributed by atoms with Crippen LogP contribution in [0.3, 0.4) is 0 Å². The van der Waals surface area contributed by atoms with Crippen molar-refractivity contribution in [1.82, 2.24) is 9.91 Å². The molecule has 28 heavy (non-hydrogen) atoms. The SMILES string of the molecule is COc1ccc([C@@H]2CC(c3cccc(F)c3)=NN2C(=O)CN(C)C(C)C)cc1. The number of benzene rings is 2. The lowest BCUT2D eigenvalue weighted by atomic mass is 9.98. The molecule has 0 saturated heterocycles. The molecule has 2 aromatic rings. The number of likely N-dealkylation sites (N-methyl/N-ethyl adjacent to an activating group) is 1. The highest BCUT2D eigenvalue weighted by Crippen LogP contribution is 2.33. The molecule has 0 N–H and O–H groups in total.